The van der Waals surface area contributed by atoms with E-state index in [9.17, 15) is 4.79 Å². The van der Waals surface area contributed by atoms with Crippen molar-refractivity contribution < 1.29 is 14.3 Å². The summed E-state index contributed by atoms with van der Waals surface area (Å²) in [7, 11) is 1.53. The Morgan fingerprint density at radius 3 is 2.87 bits per heavy atom. The Hall–Kier alpha value is -1.95. The molecule has 0 unspecified atom stereocenters. The van der Waals surface area contributed by atoms with E-state index >= 15 is 0 Å². The smallest absolute Gasteiger partial charge is 0.173 e. The first-order valence-corrected chi connectivity index (χ1v) is 4.48. The van der Waals surface area contributed by atoms with Crippen molar-refractivity contribution in [3.63, 3.8) is 0 Å². The molecule has 0 aliphatic heterocycles. The minimum atomic E-state index is 0.248. The van der Waals surface area contributed by atoms with Crippen LogP contribution in [0.25, 0.3) is 0 Å². The third kappa shape index (κ3) is 2.75. The molecule has 0 radical (unpaired) electrons. The number of ether oxygens (including phenoxy) is 2. The Kier molecular flexibility index (Phi) is 4.24. The number of carbonyl (C=O) groups excluding carboxylic acids is 1. The molecule has 0 aliphatic carbocycles. The molecule has 1 rings (SSSR count). The molecule has 78 valence electrons. The molecule has 0 spiro atoms. The van der Waals surface area contributed by atoms with E-state index in [0.29, 0.717) is 17.1 Å². The summed E-state index contributed by atoms with van der Waals surface area (Å²) in [5.74, 6) is 6.45. The molecule has 0 aliphatic rings. The zero-order valence-electron chi connectivity index (χ0n) is 8.74. The van der Waals surface area contributed by atoms with Crippen LogP contribution >= 0.6 is 0 Å². The standard InChI is InChI=1S/C12H12O3/c1-3-4-8-15-12-10(9-13)6-5-7-11(12)14-2/h5-7,9H,8H2,1-2H3. The van der Waals surface area contributed by atoms with Gasteiger partial charge in [-0.3, -0.25) is 4.79 Å². The fourth-order valence-electron chi connectivity index (χ4n) is 1.12. The third-order valence-electron chi connectivity index (χ3n) is 1.82. The second kappa shape index (κ2) is 5.71. The van der Waals surface area contributed by atoms with Gasteiger partial charge in [0.1, 0.15) is 6.61 Å². The van der Waals surface area contributed by atoms with Gasteiger partial charge in [0.15, 0.2) is 17.8 Å². The predicted octanol–water partition coefficient (Wildman–Crippen LogP) is 1.91. The summed E-state index contributed by atoms with van der Waals surface area (Å²) in [4.78, 5) is 10.8. The van der Waals surface area contributed by atoms with Crippen molar-refractivity contribution in [1.29, 1.82) is 0 Å². The second-order valence-electron chi connectivity index (χ2n) is 2.71. The van der Waals surface area contributed by atoms with Crippen LogP contribution in [0.3, 0.4) is 0 Å². The maximum atomic E-state index is 10.8. The van der Waals surface area contributed by atoms with Crippen LogP contribution in [0.5, 0.6) is 11.5 Å². The Morgan fingerprint density at radius 1 is 1.47 bits per heavy atom. The van der Waals surface area contributed by atoms with E-state index in [1.54, 1.807) is 25.1 Å². The van der Waals surface area contributed by atoms with Gasteiger partial charge in [-0.15, -0.1) is 5.92 Å². The fraction of sp³-hybridized carbons (Fsp3) is 0.250. The van der Waals surface area contributed by atoms with Gasteiger partial charge >= 0.3 is 0 Å². The van der Waals surface area contributed by atoms with Crippen LogP contribution in [0.2, 0.25) is 0 Å². The van der Waals surface area contributed by atoms with Crippen LogP contribution in [0.1, 0.15) is 17.3 Å². The molecule has 0 atom stereocenters. The lowest BCUT2D eigenvalue weighted by atomic mass is 10.2. The minimum Gasteiger partial charge on any atom is -0.493 e. The largest absolute Gasteiger partial charge is 0.493 e. The van der Waals surface area contributed by atoms with E-state index in [1.807, 2.05) is 0 Å². The quantitative estimate of drug-likeness (QED) is 0.555. The fourth-order valence-corrected chi connectivity index (χ4v) is 1.12. The normalized spacial score (nSPS) is 8.67. The number of carbonyl (C=O) groups is 1. The monoisotopic (exact) mass is 204 g/mol. The molecule has 15 heavy (non-hydrogen) atoms. The van der Waals surface area contributed by atoms with Gasteiger partial charge in [-0.1, -0.05) is 12.0 Å². The molecule has 1 aromatic carbocycles. The van der Waals surface area contributed by atoms with Gasteiger partial charge < -0.3 is 9.47 Å². The van der Waals surface area contributed by atoms with Crippen LogP contribution < -0.4 is 9.47 Å². The predicted molar refractivity (Wildman–Crippen MR) is 57.3 cm³/mol. The lowest BCUT2D eigenvalue weighted by Gasteiger charge is -2.09. The van der Waals surface area contributed by atoms with Gasteiger partial charge in [0.25, 0.3) is 0 Å². The first-order valence-electron chi connectivity index (χ1n) is 4.48. The molecule has 3 heteroatoms. The Labute approximate surface area is 89.0 Å². The molecule has 3 nitrogen and oxygen atoms in total. The van der Waals surface area contributed by atoms with E-state index < -0.39 is 0 Å². The Bertz CT molecular complexity index is 399. The summed E-state index contributed by atoms with van der Waals surface area (Å²) >= 11 is 0. The Balaban J connectivity index is 2.97. The minimum absolute atomic E-state index is 0.248. The lowest BCUT2D eigenvalue weighted by Crippen LogP contribution is -2.00. The van der Waals surface area contributed by atoms with Gasteiger partial charge in [-0.25, -0.2) is 0 Å². The van der Waals surface area contributed by atoms with Gasteiger partial charge in [0.05, 0.1) is 12.7 Å². The molecule has 0 fully saturated rings. The third-order valence-corrected chi connectivity index (χ3v) is 1.82. The van der Waals surface area contributed by atoms with E-state index in [-0.39, 0.29) is 6.61 Å². The van der Waals surface area contributed by atoms with Crippen molar-refractivity contribution in [3.8, 4) is 23.3 Å². The number of methoxy groups -OCH3 is 1. The van der Waals surface area contributed by atoms with Crippen molar-refractivity contribution in [2.45, 2.75) is 6.92 Å². The molecule has 0 N–H and O–H groups in total. The zero-order chi connectivity index (χ0) is 11.1. The van der Waals surface area contributed by atoms with Gasteiger partial charge in [-0.05, 0) is 19.1 Å². The summed E-state index contributed by atoms with van der Waals surface area (Å²) in [6.07, 6.45) is 0.733. The highest BCUT2D eigenvalue weighted by atomic mass is 16.5. The molecular weight excluding hydrogens is 192 g/mol. The molecule has 0 amide bonds. The Morgan fingerprint density at radius 2 is 2.27 bits per heavy atom. The summed E-state index contributed by atoms with van der Waals surface area (Å²) in [6.45, 7) is 1.98. The van der Waals surface area contributed by atoms with E-state index in [1.165, 1.54) is 7.11 Å². The van der Waals surface area contributed by atoms with Gasteiger partial charge in [0.2, 0.25) is 0 Å². The highest BCUT2D eigenvalue weighted by Gasteiger charge is 2.08. The average molecular weight is 204 g/mol. The average Bonchev–Trinajstić information content (AvgIpc) is 2.29. The molecule has 1 aromatic rings. The van der Waals surface area contributed by atoms with Crippen molar-refractivity contribution in [2.75, 3.05) is 13.7 Å². The number of hydrogen-bond acceptors (Lipinski definition) is 3. The van der Waals surface area contributed by atoms with Gasteiger partial charge in [-0.2, -0.15) is 0 Å². The molecular formula is C12H12O3. The van der Waals surface area contributed by atoms with Crippen LogP contribution in [-0.4, -0.2) is 20.0 Å². The summed E-state index contributed by atoms with van der Waals surface area (Å²) in [5, 5.41) is 0. The van der Waals surface area contributed by atoms with Crippen molar-refractivity contribution in [1.82, 2.24) is 0 Å². The van der Waals surface area contributed by atoms with Crippen molar-refractivity contribution in [3.05, 3.63) is 23.8 Å². The number of rotatable bonds is 4. The molecule has 0 saturated carbocycles. The van der Waals surface area contributed by atoms with E-state index in [0.717, 1.165) is 6.29 Å². The maximum absolute atomic E-state index is 10.8. The van der Waals surface area contributed by atoms with Crippen LogP contribution in [0, 0.1) is 11.8 Å². The molecule has 0 heterocycles. The van der Waals surface area contributed by atoms with Crippen molar-refractivity contribution in [2.24, 2.45) is 0 Å². The lowest BCUT2D eigenvalue weighted by molar-refractivity contribution is 0.111. The summed E-state index contributed by atoms with van der Waals surface area (Å²) in [6, 6.07) is 5.15. The number of hydrogen-bond donors (Lipinski definition) is 0. The van der Waals surface area contributed by atoms with Gasteiger partial charge in [0, 0.05) is 0 Å². The molecule has 0 saturated heterocycles. The first-order chi connectivity index (χ1) is 7.33. The topological polar surface area (TPSA) is 35.5 Å². The molecule has 0 aromatic heterocycles. The SMILES string of the molecule is CC#CCOc1c(C=O)cccc1OC. The number of aldehydes is 1. The maximum Gasteiger partial charge on any atom is 0.173 e. The van der Waals surface area contributed by atoms with E-state index in [4.69, 9.17) is 9.47 Å². The zero-order valence-corrected chi connectivity index (χ0v) is 8.74. The highest BCUT2D eigenvalue weighted by Crippen LogP contribution is 2.29. The second-order valence-corrected chi connectivity index (χ2v) is 2.71. The van der Waals surface area contributed by atoms with Crippen LogP contribution in [-0.2, 0) is 0 Å². The highest BCUT2D eigenvalue weighted by molar-refractivity contribution is 5.81. The van der Waals surface area contributed by atoms with E-state index in [2.05, 4.69) is 11.8 Å². The number of benzene rings is 1. The van der Waals surface area contributed by atoms with Crippen LogP contribution in [0.4, 0.5) is 0 Å². The van der Waals surface area contributed by atoms with Crippen molar-refractivity contribution >= 4 is 6.29 Å². The summed E-state index contributed by atoms with van der Waals surface area (Å²) in [5.41, 5.74) is 0.465. The van der Waals surface area contributed by atoms with Crippen LogP contribution in [0.15, 0.2) is 18.2 Å². The first kappa shape index (κ1) is 11.1. The summed E-state index contributed by atoms with van der Waals surface area (Å²) < 4.78 is 10.4. The molecule has 0 bridgehead atoms. The number of para-hydroxylation sites is 1.